The topological polar surface area (TPSA) is 43.6 Å². The molecule has 2 aromatic carbocycles. The predicted octanol–water partition coefficient (Wildman–Crippen LogP) is 4.09. The van der Waals surface area contributed by atoms with E-state index in [1.807, 2.05) is 34.9 Å². The minimum absolute atomic E-state index is 0.301. The molecule has 0 N–H and O–H groups in total. The van der Waals surface area contributed by atoms with Crippen LogP contribution in [0.5, 0.6) is 5.75 Å². The van der Waals surface area contributed by atoms with Gasteiger partial charge in [-0.2, -0.15) is 4.99 Å². The van der Waals surface area contributed by atoms with Crippen molar-refractivity contribution in [2.75, 3.05) is 0 Å². The summed E-state index contributed by atoms with van der Waals surface area (Å²) in [5.74, 6) is 0.356. The Morgan fingerprint density at radius 2 is 2.08 bits per heavy atom. The number of aromatic nitrogens is 1. The Morgan fingerprint density at radius 3 is 2.80 bits per heavy atom. The molecule has 0 fully saturated rings. The molecule has 0 radical (unpaired) electrons. The average Bonchev–Trinajstić information content (AvgIpc) is 2.92. The van der Waals surface area contributed by atoms with Gasteiger partial charge in [0.1, 0.15) is 5.75 Å². The minimum Gasteiger partial charge on any atom is -0.481 e. The van der Waals surface area contributed by atoms with Crippen LogP contribution in [-0.2, 0) is 11.3 Å². The Morgan fingerprint density at radius 1 is 1.32 bits per heavy atom. The zero-order chi connectivity index (χ0) is 17.8. The molecule has 0 saturated heterocycles. The lowest BCUT2D eigenvalue weighted by atomic mass is 10.2. The third kappa shape index (κ3) is 3.88. The molecule has 0 aliphatic carbocycles. The maximum absolute atomic E-state index is 12.5. The average molecular weight is 352 g/mol. The molecular formula is C20H20N2O2S. The second kappa shape index (κ2) is 7.49. The molecule has 1 aromatic heterocycles. The first-order valence-electron chi connectivity index (χ1n) is 8.09. The van der Waals surface area contributed by atoms with E-state index in [2.05, 4.69) is 36.7 Å². The van der Waals surface area contributed by atoms with E-state index in [0.29, 0.717) is 17.1 Å². The Labute approximate surface area is 150 Å². The van der Waals surface area contributed by atoms with E-state index in [-0.39, 0.29) is 5.91 Å². The lowest BCUT2D eigenvalue weighted by Gasteiger charge is -2.10. The Hall–Kier alpha value is -2.66. The Bertz CT molecular complexity index is 970. The van der Waals surface area contributed by atoms with E-state index in [1.165, 1.54) is 16.9 Å². The largest absolute Gasteiger partial charge is 0.481 e. The van der Waals surface area contributed by atoms with Gasteiger partial charge in [-0.15, -0.1) is 6.58 Å². The van der Waals surface area contributed by atoms with Gasteiger partial charge >= 0.3 is 0 Å². The normalized spacial score (nSPS) is 13.0. The van der Waals surface area contributed by atoms with Gasteiger partial charge in [-0.1, -0.05) is 41.7 Å². The van der Waals surface area contributed by atoms with Gasteiger partial charge in [-0.05, 0) is 43.7 Å². The number of para-hydroxylation sites is 1. The maximum Gasteiger partial charge on any atom is 0.289 e. The number of benzene rings is 2. The monoisotopic (exact) mass is 352 g/mol. The van der Waals surface area contributed by atoms with Gasteiger partial charge in [0.25, 0.3) is 5.91 Å². The number of nitrogens with zero attached hydrogens (tertiary/aromatic N) is 2. The third-order valence-corrected chi connectivity index (χ3v) is 4.80. The SMILES string of the molecule is C=CCn1c(=NC(=O)C(C)Oc2ccccc2)sc2cc(C)ccc21. The summed E-state index contributed by atoms with van der Waals surface area (Å²) in [5, 5.41) is 0. The van der Waals surface area contributed by atoms with Crippen LogP contribution in [-0.4, -0.2) is 16.6 Å². The summed E-state index contributed by atoms with van der Waals surface area (Å²) in [4.78, 5) is 17.5. The number of hydrogen-bond acceptors (Lipinski definition) is 3. The fourth-order valence-electron chi connectivity index (χ4n) is 2.51. The first-order valence-corrected chi connectivity index (χ1v) is 8.91. The number of carbonyl (C=O) groups is 1. The van der Waals surface area contributed by atoms with E-state index < -0.39 is 6.10 Å². The molecular weight excluding hydrogens is 332 g/mol. The molecule has 1 unspecified atom stereocenters. The van der Waals surface area contributed by atoms with E-state index in [1.54, 1.807) is 13.0 Å². The van der Waals surface area contributed by atoms with E-state index in [0.717, 1.165) is 10.2 Å². The van der Waals surface area contributed by atoms with E-state index >= 15 is 0 Å². The molecule has 0 spiro atoms. The highest BCUT2D eigenvalue weighted by Gasteiger charge is 2.15. The van der Waals surface area contributed by atoms with Gasteiger partial charge in [-0.3, -0.25) is 4.79 Å². The van der Waals surface area contributed by atoms with Crippen molar-refractivity contribution in [3.63, 3.8) is 0 Å². The van der Waals surface area contributed by atoms with Gasteiger partial charge in [0.15, 0.2) is 10.9 Å². The molecule has 4 nitrogen and oxygen atoms in total. The van der Waals surface area contributed by atoms with Crippen molar-refractivity contribution < 1.29 is 9.53 Å². The van der Waals surface area contributed by atoms with Crippen LogP contribution in [0.2, 0.25) is 0 Å². The van der Waals surface area contributed by atoms with Crippen molar-refractivity contribution in [3.8, 4) is 5.75 Å². The van der Waals surface area contributed by atoms with Crippen LogP contribution in [0, 0.1) is 6.92 Å². The summed E-state index contributed by atoms with van der Waals surface area (Å²) < 4.78 is 8.77. The Kier molecular flexibility index (Phi) is 5.14. The lowest BCUT2D eigenvalue weighted by molar-refractivity contribution is -0.124. The second-order valence-electron chi connectivity index (χ2n) is 5.78. The van der Waals surface area contributed by atoms with Gasteiger partial charge in [0, 0.05) is 6.54 Å². The summed E-state index contributed by atoms with van der Waals surface area (Å²) in [7, 11) is 0. The third-order valence-electron chi connectivity index (χ3n) is 3.76. The van der Waals surface area contributed by atoms with Gasteiger partial charge in [-0.25, -0.2) is 0 Å². The van der Waals surface area contributed by atoms with Crippen LogP contribution < -0.4 is 9.54 Å². The zero-order valence-corrected chi connectivity index (χ0v) is 15.1. The van der Waals surface area contributed by atoms with Crippen LogP contribution in [0.3, 0.4) is 0 Å². The number of amides is 1. The molecule has 5 heteroatoms. The van der Waals surface area contributed by atoms with Crippen LogP contribution >= 0.6 is 11.3 Å². The minimum atomic E-state index is -0.647. The van der Waals surface area contributed by atoms with Crippen molar-refractivity contribution in [1.82, 2.24) is 4.57 Å². The van der Waals surface area contributed by atoms with Crippen LogP contribution in [0.1, 0.15) is 12.5 Å². The Balaban J connectivity index is 1.95. The van der Waals surface area contributed by atoms with E-state index in [9.17, 15) is 4.79 Å². The number of aryl methyl sites for hydroxylation is 1. The maximum atomic E-state index is 12.5. The molecule has 1 heterocycles. The highest BCUT2D eigenvalue weighted by molar-refractivity contribution is 7.16. The fourth-order valence-corrected chi connectivity index (χ4v) is 3.65. The van der Waals surface area contributed by atoms with Crippen molar-refractivity contribution in [3.05, 3.63) is 71.6 Å². The molecule has 25 heavy (non-hydrogen) atoms. The highest BCUT2D eigenvalue weighted by Crippen LogP contribution is 2.19. The summed E-state index contributed by atoms with van der Waals surface area (Å²) in [6.45, 7) is 8.17. The highest BCUT2D eigenvalue weighted by atomic mass is 32.1. The van der Waals surface area contributed by atoms with Crippen LogP contribution in [0.25, 0.3) is 10.2 Å². The first-order chi connectivity index (χ1) is 12.1. The molecule has 0 bridgehead atoms. The predicted molar refractivity (Wildman–Crippen MR) is 102 cm³/mol. The second-order valence-corrected chi connectivity index (χ2v) is 6.79. The standard InChI is InChI=1S/C20H20N2O2S/c1-4-12-22-17-11-10-14(2)13-18(17)25-20(22)21-19(23)15(3)24-16-8-6-5-7-9-16/h4-11,13,15H,1,12H2,2-3H3. The molecule has 1 atom stereocenters. The smallest absolute Gasteiger partial charge is 0.289 e. The van der Waals surface area contributed by atoms with Gasteiger partial charge < -0.3 is 9.30 Å². The molecule has 1 amide bonds. The molecule has 3 aromatic rings. The lowest BCUT2D eigenvalue weighted by Crippen LogP contribution is -2.25. The summed E-state index contributed by atoms with van der Waals surface area (Å²) in [6, 6.07) is 15.5. The van der Waals surface area contributed by atoms with Crippen molar-refractivity contribution >= 4 is 27.5 Å². The number of rotatable bonds is 5. The molecule has 3 rings (SSSR count). The number of allylic oxidation sites excluding steroid dienone is 1. The summed E-state index contributed by atoms with van der Waals surface area (Å²) in [6.07, 6.45) is 1.16. The number of hydrogen-bond donors (Lipinski definition) is 0. The molecule has 0 saturated carbocycles. The quantitative estimate of drug-likeness (QED) is 0.649. The fraction of sp³-hybridized carbons (Fsp3) is 0.200. The number of thiazole rings is 1. The first kappa shape index (κ1) is 17.2. The number of ether oxygens (including phenoxy) is 1. The summed E-state index contributed by atoms with van der Waals surface area (Å²) in [5.41, 5.74) is 2.23. The zero-order valence-electron chi connectivity index (χ0n) is 14.3. The number of carbonyl (C=O) groups excluding carboxylic acids is 1. The molecule has 128 valence electrons. The van der Waals surface area contributed by atoms with Crippen molar-refractivity contribution in [2.45, 2.75) is 26.5 Å². The van der Waals surface area contributed by atoms with Crippen molar-refractivity contribution in [2.24, 2.45) is 4.99 Å². The van der Waals surface area contributed by atoms with Gasteiger partial charge in [0.2, 0.25) is 0 Å². The summed E-state index contributed by atoms with van der Waals surface area (Å²) >= 11 is 1.50. The molecule has 0 aliphatic heterocycles. The van der Waals surface area contributed by atoms with Crippen LogP contribution in [0.15, 0.2) is 66.2 Å². The van der Waals surface area contributed by atoms with E-state index in [4.69, 9.17) is 4.74 Å². The molecule has 0 aliphatic rings. The van der Waals surface area contributed by atoms with Crippen LogP contribution in [0.4, 0.5) is 0 Å². The number of fused-ring (bicyclic) bond motifs is 1. The van der Waals surface area contributed by atoms with Crippen molar-refractivity contribution in [1.29, 1.82) is 0 Å². The van der Waals surface area contributed by atoms with Gasteiger partial charge in [0.05, 0.1) is 10.2 Å².